The minimum absolute atomic E-state index is 0.0264. The van der Waals surface area contributed by atoms with Crippen LogP contribution in [0.15, 0.2) is 22.7 Å². The standard InChI is InChI=1S/C11H12BrF4N/c1-2-17-9(6-11(14,15)16)7-4-3-5-8(12)10(7)13/h3-5,9,17H,2,6H2,1H3. The van der Waals surface area contributed by atoms with Gasteiger partial charge in [-0.15, -0.1) is 0 Å². The molecule has 1 rings (SSSR count). The first-order valence-electron chi connectivity index (χ1n) is 5.09. The van der Waals surface area contributed by atoms with Crippen LogP contribution >= 0.6 is 15.9 Å². The fourth-order valence-corrected chi connectivity index (χ4v) is 1.94. The average molecular weight is 314 g/mol. The molecule has 1 aromatic rings. The van der Waals surface area contributed by atoms with Crippen molar-refractivity contribution in [3.63, 3.8) is 0 Å². The zero-order valence-electron chi connectivity index (χ0n) is 9.11. The first-order chi connectivity index (χ1) is 7.85. The van der Waals surface area contributed by atoms with Gasteiger partial charge in [-0.2, -0.15) is 13.2 Å². The molecule has 1 aromatic carbocycles. The Morgan fingerprint density at radius 2 is 2.00 bits per heavy atom. The Morgan fingerprint density at radius 3 is 2.53 bits per heavy atom. The Kier molecular flexibility index (Phi) is 4.94. The van der Waals surface area contributed by atoms with E-state index in [1.54, 1.807) is 6.92 Å². The Morgan fingerprint density at radius 1 is 1.35 bits per heavy atom. The molecule has 0 bridgehead atoms. The number of nitrogens with one attached hydrogen (secondary N) is 1. The van der Waals surface area contributed by atoms with Crippen LogP contribution in [0.25, 0.3) is 0 Å². The molecule has 1 N–H and O–H groups in total. The first kappa shape index (κ1) is 14.4. The molecule has 17 heavy (non-hydrogen) atoms. The van der Waals surface area contributed by atoms with Crippen molar-refractivity contribution in [2.24, 2.45) is 0 Å². The molecule has 1 nitrogen and oxygen atoms in total. The van der Waals surface area contributed by atoms with Crippen LogP contribution in [0.3, 0.4) is 0 Å². The SMILES string of the molecule is CCNC(CC(F)(F)F)c1cccc(Br)c1F. The lowest BCUT2D eigenvalue weighted by Crippen LogP contribution is -2.27. The van der Waals surface area contributed by atoms with Gasteiger partial charge < -0.3 is 5.32 Å². The fraction of sp³-hybridized carbons (Fsp3) is 0.455. The van der Waals surface area contributed by atoms with Gasteiger partial charge in [-0.05, 0) is 28.5 Å². The lowest BCUT2D eigenvalue weighted by atomic mass is 10.0. The van der Waals surface area contributed by atoms with Crippen LogP contribution in [0.2, 0.25) is 0 Å². The van der Waals surface area contributed by atoms with Gasteiger partial charge in [0.15, 0.2) is 0 Å². The smallest absolute Gasteiger partial charge is 0.310 e. The van der Waals surface area contributed by atoms with Gasteiger partial charge in [0.05, 0.1) is 10.9 Å². The monoisotopic (exact) mass is 313 g/mol. The van der Waals surface area contributed by atoms with E-state index in [4.69, 9.17) is 0 Å². The van der Waals surface area contributed by atoms with E-state index in [2.05, 4.69) is 21.2 Å². The number of rotatable bonds is 4. The van der Waals surface area contributed by atoms with Gasteiger partial charge in [-0.25, -0.2) is 4.39 Å². The van der Waals surface area contributed by atoms with E-state index in [0.29, 0.717) is 6.54 Å². The second-order valence-corrected chi connectivity index (χ2v) is 4.43. The number of hydrogen-bond acceptors (Lipinski definition) is 1. The molecule has 0 saturated heterocycles. The number of alkyl halides is 3. The van der Waals surface area contributed by atoms with E-state index in [1.165, 1.54) is 18.2 Å². The van der Waals surface area contributed by atoms with Gasteiger partial charge in [0.1, 0.15) is 5.82 Å². The molecule has 0 heterocycles. The lowest BCUT2D eigenvalue weighted by Gasteiger charge is -2.20. The van der Waals surface area contributed by atoms with Crippen LogP contribution in [0.4, 0.5) is 17.6 Å². The molecule has 0 aliphatic heterocycles. The molecule has 6 heteroatoms. The fourth-order valence-electron chi connectivity index (χ4n) is 1.56. The molecule has 0 spiro atoms. The summed E-state index contributed by atoms with van der Waals surface area (Å²) in [4.78, 5) is 0. The summed E-state index contributed by atoms with van der Waals surface area (Å²) in [6.45, 7) is 2.02. The van der Waals surface area contributed by atoms with Crippen LogP contribution in [-0.4, -0.2) is 12.7 Å². The number of halogens is 5. The van der Waals surface area contributed by atoms with E-state index in [1.807, 2.05) is 0 Å². The van der Waals surface area contributed by atoms with Crippen LogP contribution in [0, 0.1) is 5.82 Å². The molecular weight excluding hydrogens is 302 g/mol. The molecule has 1 unspecified atom stereocenters. The zero-order chi connectivity index (χ0) is 13.1. The second-order valence-electron chi connectivity index (χ2n) is 3.57. The summed E-state index contributed by atoms with van der Waals surface area (Å²) in [6, 6.07) is 3.27. The Bertz CT molecular complexity index is 378. The average Bonchev–Trinajstić information content (AvgIpc) is 2.19. The van der Waals surface area contributed by atoms with Gasteiger partial charge in [0.25, 0.3) is 0 Å². The summed E-state index contributed by atoms with van der Waals surface area (Å²) >= 11 is 2.96. The predicted octanol–water partition coefficient (Wildman–Crippen LogP) is 4.19. The molecule has 96 valence electrons. The van der Waals surface area contributed by atoms with Crippen LogP contribution < -0.4 is 5.32 Å². The van der Waals surface area contributed by atoms with Gasteiger partial charge in [0.2, 0.25) is 0 Å². The van der Waals surface area contributed by atoms with E-state index >= 15 is 0 Å². The van der Waals surface area contributed by atoms with Crippen LogP contribution in [-0.2, 0) is 0 Å². The Balaban J connectivity index is 3.01. The molecule has 0 fully saturated rings. The highest BCUT2D eigenvalue weighted by atomic mass is 79.9. The van der Waals surface area contributed by atoms with Gasteiger partial charge in [0, 0.05) is 11.6 Å². The first-order valence-corrected chi connectivity index (χ1v) is 5.88. The third kappa shape index (κ3) is 4.27. The molecular formula is C11H12BrF4N. The quantitative estimate of drug-likeness (QED) is 0.822. The lowest BCUT2D eigenvalue weighted by molar-refractivity contribution is -0.140. The molecule has 0 aliphatic rings. The van der Waals surface area contributed by atoms with E-state index in [-0.39, 0.29) is 10.0 Å². The van der Waals surface area contributed by atoms with Crippen molar-refractivity contribution in [3.05, 3.63) is 34.1 Å². The summed E-state index contributed by atoms with van der Waals surface area (Å²) < 4.78 is 51.0. The molecule has 0 aromatic heterocycles. The second kappa shape index (κ2) is 5.82. The number of benzene rings is 1. The van der Waals surface area contributed by atoms with Gasteiger partial charge in [-0.1, -0.05) is 19.1 Å². The van der Waals surface area contributed by atoms with E-state index in [0.717, 1.165) is 0 Å². The Labute approximate surface area is 105 Å². The van der Waals surface area contributed by atoms with Crippen molar-refractivity contribution in [2.75, 3.05) is 6.54 Å². The summed E-state index contributed by atoms with van der Waals surface area (Å²) in [7, 11) is 0. The largest absolute Gasteiger partial charge is 0.390 e. The third-order valence-corrected chi connectivity index (χ3v) is 2.86. The summed E-state index contributed by atoms with van der Waals surface area (Å²) in [5.41, 5.74) is 0.0264. The predicted molar refractivity (Wildman–Crippen MR) is 61.2 cm³/mol. The van der Waals surface area contributed by atoms with Crippen molar-refractivity contribution in [1.82, 2.24) is 5.32 Å². The minimum Gasteiger partial charge on any atom is -0.310 e. The maximum absolute atomic E-state index is 13.7. The molecule has 0 radical (unpaired) electrons. The summed E-state index contributed by atoms with van der Waals surface area (Å²) in [5, 5.41) is 2.64. The van der Waals surface area contributed by atoms with Crippen molar-refractivity contribution in [1.29, 1.82) is 0 Å². The maximum Gasteiger partial charge on any atom is 0.390 e. The topological polar surface area (TPSA) is 12.0 Å². The normalized spacial score (nSPS) is 13.8. The molecule has 1 atom stereocenters. The zero-order valence-corrected chi connectivity index (χ0v) is 10.7. The molecule has 0 saturated carbocycles. The maximum atomic E-state index is 13.7. The van der Waals surface area contributed by atoms with Crippen molar-refractivity contribution >= 4 is 15.9 Å². The third-order valence-electron chi connectivity index (χ3n) is 2.24. The molecule has 0 aliphatic carbocycles. The van der Waals surface area contributed by atoms with Crippen molar-refractivity contribution in [2.45, 2.75) is 25.6 Å². The van der Waals surface area contributed by atoms with Gasteiger partial charge >= 0.3 is 6.18 Å². The van der Waals surface area contributed by atoms with E-state index < -0.39 is 24.5 Å². The highest BCUT2D eigenvalue weighted by molar-refractivity contribution is 9.10. The van der Waals surface area contributed by atoms with Crippen LogP contribution in [0.1, 0.15) is 24.9 Å². The minimum atomic E-state index is -4.33. The Hall–Kier alpha value is -0.620. The highest BCUT2D eigenvalue weighted by Crippen LogP contribution is 2.32. The van der Waals surface area contributed by atoms with E-state index in [9.17, 15) is 17.6 Å². The van der Waals surface area contributed by atoms with Gasteiger partial charge in [-0.3, -0.25) is 0 Å². The highest BCUT2D eigenvalue weighted by Gasteiger charge is 2.33. The van der Waals surface area contributed by atoms with Crippen molar-refractivity contribution in [3.8, 4) is 0 Å². The molecule has 0 amide bonds. The number of hydrogen-bond donors (Lipinski definition) is 1. The van der Waals surface area contributed by atoms with Crippen molar-refractivity contribution < 1.29 is 17.6 Å². The summed E-state index contributed by atoms with van der Waals surface area (Å²) in [6.07, 6.45) is -5.42. The summed E-state index contributed by atoms with van der Waals surface area (Å²) in [5.74, 6) is -0.650. The van der Waals surface area contributed by atoms with Crippen LogP contribution in [0.5, 0.6) is 0 Å².